The summed E-state index contributed by atoms with van der Waals surface area (Å²) < 4.78 is 17.8. The summed E-state index contributed by atoms with van der Waals surface area (Å²) in [5.74, 6) is 0.951. The number of hydrogen-bond acceptors (Lipinski definition) is 6. The average Bonchev–Trinajstić information content (AvgIpc) is 3.01. The molecule has 2 atom stereocenters. The van der Waals surface area contributed by atoms with Gasteiger partial charge in [-0.05, 0) is 67.4 Å². The summed E-state index contributed by atoms with van der Waals surface area (Å²) in [6, 6.07) is 4.64. The number of ether oxygens (including phenoxy) is 1. The molecule has 0 saturated carbocycles. The molecular weight excluding hydrogens is 381 g/mol. The zero-order valence-electron chi connectivity index (χ0n) is 19.3. The van der Waals surface area contributed by atoms with Crippen molar-refractivity contribution in [2.45, 2.75) is 90.2 Å². The summed E-state index contributed by atoms with van der Waals surface area (Å²) in [6.07, 6.45) is 3.76. The lowest BCUT2D eigenvalue weighted by Gasteiger charge is -2.42. The standard InChI is InChI=1S/C22H34BN3O4/c1-20(2,3)28-19(27)25-13-16-9-10-17(14-25)26(16)18-11-8-15(12-24-18)23-29-21(4,5)22(6,7)30-23/h8,11-12,16-17H,9-10,13-14H2,1-7H3. The molecule has 0 spiro atoms. The van der Waals surface area contributed by atoms with Crippen LogP contribution in [0.4, 0.5) is 10.6 Å². The molecule has 30 heavy (non-hydrogen) atoms. The number of fused-ring (bicyclic) bond motifs is 2. The van der Waals surface area contributed by atoms with Crippen molar-refractivity contribution >= 4 is 24.5 Å². The zero-order valence-corrected chi connectivity index (χ0v) is 19.3. The lowest BCUT2D eigenvalue weighted by Crippen LogP contribution is -2.56. The van der Waals surface area contributed by atoms with Gasteiger partial charge in [0.2, 0.25) is 0 Å². The molecule has 8 heteroatoms. The van der Waals surface area contributed by atoms with Gasteiger partial charge in [-0.15, -0.1) is 0 Å². The number of hydrogen-bond donors (Lipinski definition) is 0. The Bertz CT molecular complexity index is 776. The van der Waals surface area contributed by atoms with Crippen LogP contribution in [0.15, 0.2) is 18.3 Å². The van der Waals surface area contributed by atoms with Gasteiger partial charge in [-0.3, -0.25) is 0 Å². The van der Waals surface area contributed by atoms with E-state index in [1.807, 2.05) is 37.9 Å². The molecule has 164 valence electrons. The fraction of sp³-hybridized carbons (Fsp3) is 0.727. The van der Waals surface area contributed by atoms with Crippen LogP contribution in [-0.2, 0) is 14.0 Å². The number of nitrogens with zero attached hydrogens (tertiary/aromatic N) is 3. The van der Waals surface area contributed by atoms with Gasteiger partial charge >= 0.3 is 13.2 Å². The van der Waals surface area contributed by atoms with Crippen LogP contribution in [-0.4, -0.2) is 65.1 Å². The van der Waals surface area contributed by atoms with Crippen molar-refractivity contribution in [3.05, 3.63) is 18.3 Å². The van der Waals surface area contributed by atoms with Gasteiger partial charge in [0.25, 0.3) is 0 Å². The Kier molecular flexibility index (Phi) is 5.09. The van der Waals surface area contributed by atoms with Crippen molar-refractivity contribution in [2.24, 2.45) is 0 Å². The van der Waals surface area contributed by atoms with Gasteiger partial charge in [0.15, 0.2) is 0 Å². The second-order valence-corrected chi connectivity index (χ2v) is 10.7. The van der Waals surface area contributed by atoms with Crippen LogP contribution in [0.25, 0.3) is 0 Å². The van der Waals surface area contributed by atoms with Crippen LogP contribution in [0, 0.1) is 0 Å². The number of amides is 1. The maximum absolute atomic E-state index is 12.5. The molecule has 4 rings (SSSR count). The number of aromatic nitrogens is 1. The summed E-state index contributed by atoms with van der Waals surface area (Å²) in [6.45, 7) is 15.3. The van der Waals surface area contributed by atoms with Gasteiger partial charge in [-0.1, -0.05) is 6.07 Å². The topological polar surface area (TPSA) is 64.1 Å². The normalized spacial score (nSPS) is 27.5. The minimum atomic E-state index is -0.474. The number of pyridine rings is 1. The summed E-state index contributed by atoms with van der Waals surface area (Å²) in [4.78, 5) is 21.5. The minimum absolute atomic E-state index is 0.219. The summed E-state index contributed by atoms with van der Waals surface area (Å²) in [5, 5.41) is 0. The van der Waals surface area contributed by atoms with Crippen LogP contribution in [0.3, 0.4) is 0 Å². The third-order valence-corrected chi connectivity index (χ3v) is 6.69. The number of anilines is 1. The Morgan fingerprint density at radius 1 is 1.10 bits per heavy atom. The van der Waals surface area contributed by atoms with Crippen molar-refractivity contribution in [2.75, 3.05) is 18.0 Å². The van der Waals surface area contributed by atoms with E-state index in [1.165, 1.54) is 0 Å². The molecule has 3 fully saturated rings. The molecule has 3 aliphatic heterocycles. The molecule has 3 saturated heterocycles. The third kappa shape index (κ3) is 3.92. The van der Waals surface area contributed by atoms with E-state index in [2.05, 4.69) is 38.7 Å². The quantitative estimate of drug-likeness (QED) is 0.693. The van der Waals surface area contributed by atoms with Crippen molar-refractivity contribution < 1.29 is 18.8 Å². The number of likely N-dealkylation sites (tertiary alicyclic amines) is 1. The van der Waals surface area contributed by atoms with Crippen LogP contribution >= 0.6 is 0 Å². The highest BCUT2D eigenvalue weighted by Gasteiger charge is 2.52. The summed E-state index contributed by atoms with van der Waals surface area (Å²) in [5.41, 5.74) is -0.281. The number of carbonyl (C=O) groups is 1. The number of piperazine rings is 1. The maximum Gasteiger partial charge on any atom is 0.496 e. The average molecular weight is 415 g/mol. The smallest absolute Gasteiger partial charge is 0.444 e. The molecule has 0 N–H and O–H groups in total. The van der Waals surface area contributed by atoms with Crippen LogP contribution in [0.5, 0.6) is 0 Å². The Balaban J connectivity index is 1.44. The van der Waals surface area contributed by atoms with E-state index in [9.17, 15) is 4.79 Å². The molecule has 0 aliphatic carbocycles. The predicted octanol–water partition coefficient (Wildman–Crippen LogP) is 2.97. The molecule has 4 heterocycles. The Morgan fingerprint density at radius 3 is 2.13 bits per heavy atom. The highest BCUT2D eigenvalue weighted by molar-refractivity contribution is 6.62. The highest BCUT2D eigenvalue weighted by Crippen LogP contribution is 2.37. The Morgan fingerprint density at radius 2 is 1.67 bits per heavy atom. The number of rotatable bonds is 2. The fourth-order valence-corrected chi connectivity index (χ4v) is 4.42. The molecule has 0 radical (unpaired) electrons. The molecule has 7 nitrogen and oxygen atoms in total. The zero-order chi connectivity index (χ0) is 21.9. The van der Waals surface area contributed by atoms with Gasteiger partial charge in [-0.25, -0.2) is 9.78 Å². The second kappa shape index (κ2) is 7.13. The monoisotopic (exact) mass is 415 g/mol. The SMILES string of the molecule is CC(C)(C)OC(=O)N1CC2CCC(C1)N2c1ccc(B2OC(C)(C)C(C)(C)O2)cn1. The van der Waals surface area contributed by atoms with Gasteiger partial charge in [0, 0.05) is 36.8 Å². The first-order chi connectivity index (χ1) is 13.9. The molecule has 1 aromatic rings. The van der Waals surface area contributed by atoms with E-state index >= 15 is 0 Å². The lowest BCUT2D eigenvalue weighted by atomic mass is 9.80. The minimum Gasteiger partial charge on any atom is -0.444 e. The number of carbonyl (C=O) groups excluding carboxylic acids is 1. The van der Waals surface area contributed by atoms with Crippen molar-refractivity contribution in [1.82, 2.24) is 9.88 Å². The Hall–Kier alpha value is -1.80. The van der Waals surface area contributed by atoms with Gasteiger partial charge < -0.3 is 23.8 Å². The highest BCUT2D eigenvalue weighted by atomic mass is 16.7. The van der Waals surface area contributed by atoms with Crippen LogP contribution < -0.4 is 10.4 Å². The summed E-state index contributed by atoms with van der Waals surface area (Å²) >= 11 is 0. The van der Waals surface area contributed by atoms with Crippen molar-refractivity contribution in [3.8, 4) is 0 Å². The van der Waals surface area contributed by atoms with E-state index in [-0.39, 0.29) is 29.4 Å². The Labute approximate surface area is 180 Å². The molecule has 0 aromatic carbocycles. The first-order valence-corrected chi connectivity index (χ1v) is 10.9. The van der Waals surface area contributed by atoms with E-state index in [1.54, 1.807) is 0 Å². The molecule has 1 aromatic heterocycles. The van der Waals surface area contributed by atoms with E-state index in [4.69, 9.17) is 19.0 Å². The van der Waals surface area contributed by atoms with E-state index in [0.717, 1.165) is 24.1 Å². The van der Waals surface area contributed by atoms with E-state index in [0.29, 0.717) is 13.1 Å². The first kappa shape index (κ1) is 21.4. The molecule has 2 unspecified atom stereocenters. The maximum atomic E-state index is 12.5. The van der Waals surface area contributed by atoms with Gasteiger partial charge in [0.1, 0.15) is 11.4 Å². The van der Waals surface area contributed by atoms with Gasteiger partial charge in [0.05, 0.1) is 11.2 Å². The summed E-state index contributed by atoms with van der Waals surface area (Å²) in [7, 11) is -0.405. The van der Waals surface area contributed by atoms with Gasteiger partial charge in [-0.2, -0.15) is 0 Å². The largest absolute Gasteiger partial charge is 0.496 e. The van der Waals surface area contributed by atoms with Crippen molar-refractivity contribution in [1.29, 1.82) is 0 Å². The van der Waals surface area contributed by atoms with E-state index < -0.39 is 12.7 Å². The molecule has 1 amide bonds. The fourth-order valence-electron chi connectivity index (χ4n) is 4.42. The van der Waals surface area contributed by atoms with Crippen molar-refractivity contribution in [3.63, 3.8) is 0 Å². The third-order valence-electron chi connectivity index (χ3n) is 6.69. The molecule has 2 bridgehead atoms. The molecule has 3 aliphatic rings. The molecular formula is C22H34BN3O4. The van der Waals surface area contributed by atoms with Crippen LogP contribution in [0.1, 0.15) is 61.3 Å². The lowest BCUT2D eigenvalue weighted by molar-refractivity contribution is 0.00578. The first-order valence-electron chi connectivity index (χ1n) is 10.9. The second-order valence-electron chi connectivity index (χ2n) is 10.7. The van der Waals surface area contributed by atoms with Crippen LogP contribution in [0.2, 0.25) is 0 Å². The predicted molar refractivity (Wildman–Crippen MR) is 117 cm³/mol.